The lowest BCUT2D eigenvalue weighted by atomic mass is 10.2. The molecule has 1 atom stereocenters. The van der Waals surface area contributed by atoms with Crippen LogP contribution < -0.4 is 16.8 Å². The molecule has 110 valence electrons. The maximum absolute atomic E-state index is 5.82. The summed E-state index contributed by atoms with van der Waals surface area (Å²) in [4.78, 5) is 0. The van der Waals surface area contributed by atoms with Crippen LogP contribution in [0.3, 0.4) is 0 Å². The molecule has 0 aromatic rings. The molecule has 1 unspecified atom stereocenters. The number of hydrogen-bond donors (Lipinski definition) is 3. The van der Waals surface area contributed by atoms with E-state index in [2.05, 4.69) is 5.32 Å². The third-order valence-electron chi connectivity index (χ3n) is 2.80. The highest BCUT2D eigenvalue weighted by Crippen LogP contribution is 2.06. The van der Waals surface area contributed by atoms with Gasteiger partial charge in [-0.1, -0.05) is 0 Å². The van der Waals surface area contributed by atoms with Crippen molar-refractivity contribution in [1.29, 1.82) is 0 Å². The molecule has 0 radical (unpaired) electrons. The average molecular weight is 279 g/mol. The highest BCUT2D eigenvalue weighted by Gasteiger charge is 2.31. The van der Waals surface area contributed by atoms with E-state index >= 15 is 0 Å². The first-order valence-electron chi connectivity index (χ1n) is 6.48. The lowest BCUT2D eigenvalue weighted by Crippen LogP contribution is -2.40. The minimum absolute atomic E-state index is 0.156. The van der Waals surface area contributed by atoms with Gasteiger partial charge in [-0.15, -0.1) is 0 Å². The molecule has 0 heterocycles. The molecular formula is C11H29N3O3Si. The Morgan fingerprint density at radius 3 is 2.44 bits per heavy atom. The number of rotatable bonds is 12. The fourth-order valence-corrected chi connectivity index (χ4v) is 2.33. The van der Waals surface area contributed by atoms with Gasteiger partial charge in [0, 0.05) is 40.0 Å². The van der Waals surface area contributed by atoms with E-state index in [-0.39, 0.29) is 6.04 Å². The summed E-state index contributed by atoms with van der Waals surface area (Å²) in [6, 6.07) is 0.156. The maximum Gasteiger partial charge on any atom is 0.497 e. The van der Waals surface area contributed by atoms with Gasteiger partial charge in [-0.05, 0) is 32.4 Å². The molecule has 0 saturated heterocycles. The van der Waals surface area contributed by atoms with Gasteiger partial charge in [0.1, 0.15) is 0 Å². The first-order chi connectivity index (χ1) is 8.58. The molecule has 0 amide bonds. The molecule has 0 aliphatic heterocycles. The molecule has 5 N–H and O–H groups in total. The van der Waals surface area contributed by atoms with Crippen molar-refractivity contribution in [1.82, 2.24) is 5.32 Å². The summed E-state index contributed by atoms with van der Waals surface area (Å²) in [5.41, 5.74) is 11.2. The summed E-state index contributed by atoms with van der Waals surface area (Å²) < 4.78 is 16.1. The average Bonchev–Trinajstić information content (AvgIpc) is 2.37. The Balaban J connectivity index is 3.36. The van der Waals surface area contributed by atoms with Crippen LogP contribution in [-0.2, 0) is 13.3 Å². The Labute approximate surface area is 112 Å². The molecule has 0 spiro atoms. The molecular weight excluding hydrogens is 250 g/mol. The second-order valence-electron chi connectivity index (χ2n) is 4.37. The number of hydrogen-bond acceptors (Lipinski definition) is 6. The zero-order valence-corrected chi connectivity index (χ0v) is 12.9. The van der Waals surface area contributed by atoms with Crippen molar-refractivity contribution in [2.24, 2.45) is 11.5 Å². The Bertz CT molecular complexity index is 194. The first-order valence-corrected chi connectivity index (χ1v) is 8.71. The predicted octanol–water partition coefficient (Wildman–Crippen LogP) is -0.0896. The van der Waals surface area contributed by atoms with E-state index in [1.807, 2.05) is 6.55 Å². The molecule has 6 nitrogen and oxygen atoms in total. The topological polar surface area (TPSA) is 91.8 Å². The molecule has 0 fully saturated rings. The third kappa shape index (κ3) is 8.98. The Morgan fingerprint density at radius 2 is 1.89 bits per heavy atom. The molecule has 0 bridgehead atoms. The Morgan fingerprint density at radius 1 is 1.22 bits per heavy atom. The maximum atomic E-state index is 5.82. The monoisotopic (exact) mass is 279 g/mol. The number of nitrogens with one attached hydrogen (secondary N) is 1. The minimum Gasteiger partial charge on any atom is -0.377 e. The minimum atomic E-state index is -2.35. The van der Waals surface area contributed by atoms with Crippen molar-refractivity contribution >= 4 is 8.80 Å². The van der Waals surface area contributed by atoms with E-state index in [1.54, 1.807) is 14.2 Å². The zero-order chi connectivity index (χ0) is 13.9. The quantitative estimate of drug-likeness (QED) is 0.342. The first kappa shape index (κ1) is 18.0. The number of nitrogens with two attached hydrogens (primary N) is 2. The fourth-order valence-electron chi connectivity index (χ4n) is 1.41. The summed E-state index contributed by atoms with van der Waals surface area (Å²) in [5.74, 6) is 0. The largest absolute Gasteiger partial charge is 0.497 e. The van der Waals surface area contributed by atoms with Crippen molar-refractivity contribution in [2.45, 2.75) is 31.9 Å². The Kier molecular flexibility index (Phi) is 10.8. The van der Waals surface area contributed by atoms with E-state index in [0.29, 0.717) is 13.2 Å². The van der Waals surface area contributed by atoms with E-state index < -0.39 is 8.80 Å². The molecule has 0 saturated carbocycles. The third-order valence-corrected chi connectivity index (χ3v) is 5.01. The summed E-state index contributed by atoms with van der Waals surface area (Å²) in [6.07, 6.45) is 2.89. The van der Waals surface area contributed by atoms with Gasteiger partial charge in [-0.2, -0.15) is 0 Å². The van der Waals surface area contributed by atoms with Crippen molar-refractivity contribution in [3.05, 3.63) is 0 Å². The number of unbranched alkanes of at least 4 members (excludes halogenated alkanes) is 1. The van der Waals surface area contributed by atoms with Gasteiger partial charge in [-0.25, -0.2) is 0 Å². The summed E-state index contributed by atoms with van der Waals surface area (Å²) in [7, 11) is 0.894. The molecule has 18 heavy (non-hydrogen) atoms. The van der Waals surface area contributed by atoms with Crippen LogP contribution >= 0.6 is 0 Å². The van der Waals surface area contributed by atoms with E-state index in [1.165, 1.54) is 0 Å². The molecule has 0 aliphatic carbocycles. The van der Waals surface area contributed by atoms with Crippen LogP contribution in [0.15, 0.2) is 0 Å². The van der Waals surface area contributed by atoms with E-state index in [4.69, 9.17) is 24.7 Å². The van der Waals surface area contributed by atoms with Gasteiger partial charge < -0.3 is 30.1 Å². The van der Waals surface area contributed by atoms with Gasteiger partial charge in [-0.3, -0.25) is 0 Å². The van der Waals surface area contributed by atoms with Crippen LogP contribution in [0.25, 0.3) is 0 Å². The molecule has 0 aromatic heterocycles. The van der Waals surface area contributed by atoms with Crippen LogP contribution in [-0.4, -0.2) is 55.3 Å². The van der Waals surface area contributed by atoms with Crippen LogP contribution in [0.4, 0.5) is 0 Å². The van der Waals surface area contributed by atoms with Gasteiger partial charge in [0.2, 0.25) is 0 Å². The lowest BCUT2D eigenvalue weighted by Gasteiger charge is -2.21. The van der Waals surface area contributed by atoms with Crippen LogP contribution in [0.2, 0.25) is 6.55 Å². The highest BCUT2D eigenvalue weighted by atomic mass is 28.4. The summed E-state index contributed by atoms with van der Waals surface area (Å²) in [6.45, 7) is 4.96. The van der Waals surface area contributed by atoms with Crippen molar-refractivity contribution in [3.63, 3.8) is 0 Å². The van der Waals surface area contributed by atoms with Crippen LogP contribution in [0, 0.1) is 0 Å². The van der Waals surface area contributed by atoms with Crippen LogP contribution in [0.1, 0.15) is 19.3 Å². The van der Waals surface area contributed by atoms with E-state index in [9.17, 15) is 0 Å². The lowest BCUT2D eigenvalue weighted by molar-refractivity contribution is 0.104. The summed E-state index contributed by atoms with van der Waals surface area (Å²) in [5, 5.41) is 3.31. The van der Waals surface area contributed by atoms with Gasteiger partial charge >= 0.3 is 8.80 Å². The SMILES string of the molecule is CO[Si](C)(OC)OCCCCNCC(N)CCN. The summed E-state index contributed by atoms with van der Waals surface area (Å²) >= 11 is 0. The van der Waals surface area contributed by atoms with Gasteiger partial charge in [0.05, 0.1) is 0 Å². The van der Waals surface area contributed by atoms with Gasteiger partial charge in [0.25, 0.3) is 0 Å². The Hall–Kier alpha value is -0.0231. The van der Waals surface area contributed by atoms with Gasteiger partial charge in [0.15, 0.2) is 0 Å². The van der Waals surface area contributed by atoms with Crippen molar-refractivity contribution in [2.75, 3.05) is 40.5 Å². The molecule has 0 aromatic carbocycles. The zero-order valence-electron chi connectivity index (χ0n) is 11.9. The highest BCUT2D eigenvalue weighted by molar-refractivity contribution is 6.59. The predicted molar refractivity (Wildman–Crippen MR) is 75.3 cm³/mol. The van der Waals surface area contributed by atoms with E-state index in [0.717, 1.165) is 32.4 Å². The molecule has 0 rings (SSSR count). The molecule has 0 aliphatic rings. The van der Waals surface area contributed by atoms with Crippen molar-refractivity contribution < 1.29 is 13.3 Å². The molecule has 7 heteroatoms. The smallest absolute Gasteiger partial charge is 0.377 e. The second-order valence-corrected chi connectivity index (χ2v) is 7.20. The standard InChI is InChI=1S/C11H29N3O3Si/c1-15-18(3,16-2)17-9-5-4-8-14-10-11(13)6-7-12/h11,14H,4-10,12-13H2,1-3H3. The van der Waals surface area contributed by atoms with Crippen molar-refractivity contribution in [3.8, 4) is 0 Å². The van der Waals surface area contributed by atoms with Crippen LogP contribution in [0.5, 0.6) is 0 Å². The normalized spacial score (nSPS) is 13.8. The second kappa shape index (κ2) is 10.9. The fraction of sp³-hybridized carbons (Fsp3) is 1.00.